The summed E-state index contributed by atoms with van der Waals surface area (Å²) in [6, 6.07) is 12.1. The van der Waals surface area contributed by atoms with E-state index in [4.69, 9.17) is 17.0 Å². The summed E-state index contributed by atoms with van der Waals surface area (Å²) in [5.74, 6) is -0.542. The Morgan fingerprint density at radius 2 is 1.96 bits per heavy atom. The van der Waals surface area contributed by atoms with Crippen LogP contribution in [0.4, 0.5) is 5.69 Å². The van der Waals surface area contributed by atoms with E-state index in [1.807, 2.05) is 38.1 Å². The van der Waals surface area contributed by atoms with Gasteiger partial charge in [-0.15, -0.1) is 0 Å². The summed E-state index contributed by atoms with van der Waals surface area (Å²) in [6.45, 7) is 4.32. The maximum absolute atomic E-state index is 12.9. The molecule has 5 nitrogen and oxygen atoms in total. The minimum atomic E-state index is -1.05. The molecule has 0 atom stereocenters. The van der Waals surface area contributed by atoms with Gasteiger partial charge in [0.1, 0.15) is 5.75 Å². The Kier molecular flexibility index (Phi) is 5.62. The Bertz CT molecular complexity index is 951. The van der Waals surface area contributed by atoms with Gasteiger partial charge in [0, 0.05) is 0 Å². The highest BCUT2D eigenvalue weighted by Crippen LogP contribution is 2.37. The van der Waals surface area contributed by atoms with Crippen LogP contribution in [0.25, 0.3) is 6.08 Å². The van der Waals surface area contributed by atoms with Gasteiger partial charge in [-0.25, -0.2) is 4.79 Å². The van der Waals surface area contributed by atoms with Gasteiger partial charge in [0.05, 0.1) is 22.8 Å². The number of amides is 1. The van der Waals surface area contributed by atoms with E-state index in [0.717, 1.165) is 16.9 Å². The molecule has 1 amide bonds. The summed E-state index contributed by atoms with van der Waals surface area (Å²) in [5, 5.41) is 9.22. The van der Waals surface area contributed by atoms with E-state index < -0.39 is 5.97 Å². The van der Waals surface area contributed by atoms with Gasteiger partial charge in [0.25, 0.3) is 5.91 Å². The van der Waals surface area contributed by atoms with Crippen molar-refractivity contribution in [1.82, 2.24) is 0 Å². The number of anilines is 1. The monoisotopic (exact) mass is 399 g/mol. The van der Waals surface area contributed by atoms with E-state index in [-0.39, 0.29) is 11.5 Å². The molecule has 27 heavy (non-hydrogen) atoms. The Morgan fingerprint density at radius 3 is 2.59 bits per heavy atom. The minimum Gasteiger partial charge on any atom is -0.494 e. The fraction of sp³-hybridized carbons (Fsp3) is 0.150. The molecule has 0 radical (unpaired) electrons. The Labute approximate surface area is 166 Å². The molecule has 2 aromatic carbocycles. The third-order valence-corrected chi connectivity index (χ3v) is 5.28. The number of carbonyl (C=O) groups excluding carboxylic acids is 1. The van der Waals surface area contributed by atoms with E-state index in [1.54, 1.807) is 12.1 Å². The van der Waals surface area contributed by atoms with Gasteiger partial charge >= 0.3 is 5.97 Å². The maximum Gasteiger partial charge on any atom is 0.335 e. The first kappa shape index (κ1) is 19.1. The molecule has 0 aromatic heterocycles. The molecule has 2 aromatic rings. The highest BCUT2D eigenvalue weighted by atomic mass is 32.2. The van der Waals surface area contributed by atoms with Crippen LogP contribution in [-0.4, -0.2) is 27.9 Å². The van der Waals surface area contributed by atoms with Crippen molar-refractivity contribution in [2.75, 3.05) is 11.5 Å². The van der Waals surface area contributed by atoms with E-state index >= 15 is 0 Å². The van der Waals surface area contributed by atoms with Crippen molar-refractivity contribution < 1.29 is 19.4 Å². The van der Waals surface area contributed by atoms with Gasteiger partial charge in [-0.3, -0.25) is 9.69 Å². The predicted molar refractivity (Wildman–Crippen MR) is 111 cm³/mol. The van der Waals surface area contributed by atoms with Crippen molar-refractivity contribution in [2.45, 2.75) is 13.8 Å². The molecule has 1 aliphatic rings. The summed E-state index contributed by atoms with van der Waals surface area (Å²) in [7, 11) is 0. The molecule has 0 saturated carbocycles. The summed E-state index contributed by atoms with van der Waals surface area (Å²) in [4.78, 5) is 26.0. The predicted octanol–water partition coefficient (Wildman–Crippen LogP) is 4.50. The van der Waals surface area contributed by atoms with Crippen molar-refractivity contribution >= 4 is 51.9 Å². The first-order valence-electron chi connectivity index (χ1n) is 8.25. The number of rotatable bonds is 5. The van der Waals surface area contributed by atoms with Gasteiger partial charge in [0.15, 0.2) is 4.32 Å². The fourth-order valence-corrected chi connectivity index (χ4v) is 3.92. The largest absolute Gasteiger partial charge is 0.494 e. The van der Waals surface area contributed by atoms with Crippen molar-refractivity contribution in [3.05, 3.63) is 64.1 Å². The second-order valence-corrected chi connectivity index (χ2v) is 7.50. The normalized spacial score (nSPS) is 15.5. The van der Waals surface area contributed by atoms with Crippen molar-refractivity contribution in [3.8, 4) is 5.75 Å². The van der Waals surface area contributed by atoms with Gasteiger partial charge < -0.3 is 9.84 Å². The molecule has 0 spiro atoms. The first-order valence-corrected chi connectivity index (χ1v) is 9.48. The second-order valence-electron chi connectivity index (χ2n) is 5.83. The van der Waals surface area contributed by atoms with Crippen LogP contribution in [0.15, 0.2) is 47.4 Å². The molecular formula is C20H17NO4S2. The topological polar surface area (TPSA) is 66.8 Å². The molecule has 1 aliphatic heterocycles. The van der Waals surface area contributed by atoms with Crippen LogP contribution >= 0.6 is 24.0 Å². The molecule has 1 saturated heterocycles. The van der Waals surface area contributed by atoms with Crippen LogP contribution in [0.3, 0.4) is 0 Å². The number of aryl methyl sites for hydroxylation is 1. The number of thiocarbonyl (C=S) groups is 1. The Balaban J connectivity index is 1.91. The molecular weight excluding hydrogens is 382 g/mol. The highest BCUT2D eigenvalue weighted by Gasteiger charge is 2.34. The SMILES string of the molecule is CCOc1ccc(/C=C2\SC(=S)N(c3cc(C(=O)O)ccc3C)C2=O)cc1. The Hall–Kier alpha value is -2.64. The number of carboxylic acid groups (broad SMARTS) is 1. The molecule has 0 bridgehead atoms. The molecule has 1 heterocycles. The number of hydrogen-bond donors (Lipinski definition) is 1. The number of nitrogens with zero attached hydrogens (tertiary/aromatic N) is 1. The Morgan fingerprint density at radius 1 is 1.26 bits per heavy atom. The molecule has 1 N–H and O–H groups in total. The van der Waals surface area contributed by atoms with Crippen LogP contribution in [0, 0.1) is 6.92 Å². The van der Waals surface area contributed by atoms with E-state index in [2.05, 4.69) is 0 Å². The molecule has 7 heteroatoms. The third-order valence-electron chi connectivity index (χ3n) is 3.98. The van der Waals surface area contributed by atoms with Crippen molar-refractivity contribution in [1.29, 1.82) is 0 Å². The summed E-state index contributed by atoms with van der Waals surface area (Å²) in [5.41, 5.74) is 2.24. The summed E-state index contributed by atoms with van der Waals surface area (Å²) >= 11 is 6.58. The minimum absolute atomic E-state index is 0.111. The summed E-state index contributed by atoms with van der Waals surface area (Å²) < 4.78 is 5.80. The first-order chi connectivity index (χ1) is 12.9. The van der Waals surface area contributed by atoms with Crippen LogP contribution in [0.5, 0.6) is 5.75 Å². The molecule has 0 aliphatic carbocycles. The standard InChI is InChI=1S/C20H17NO4S2/c1-3-25-15-8-5-13(6-9-15)10-17-18(22)21(20(26)27-17)16-11-14(19(23)24)7-4-12(16)2/h4-11H,3H2,1-2H3,(H,23,24)/b17-10-. The quantitative estimate of drug-likeness (QED) is 0.590. The molecule has 3 rings (SSSR count). The lowest BCUT2D eigenvalue weighted by Crippen LogP contribution is -2.28. The zero-order chi connectivity index (χ0) is 19.6. The van der Waals surface area contributed by atoms with Crippen molar-refractivity contribution in [2.24, 2.45) is 0 Å². The number of hydrogen-bond acceptors (Lipinski definition) is 5. The average Bonchev–Trinajstić information content (AvgIpc) is 2.91. The number of ether oxygens (including phenoxy) is 1. The smallest absolute Gasteiger partial charge is 0.335 e. The van der Waals surface area contributed by atoms with E-state index in [1.165, 1.54) is 28.8 Å². The van der Waals surface area contributed by atoms with Crippen molar-refractivity contribution in [3.63, 3.8) is 0 Å². The number of thioether (sulfide) groups is 1. The van der Waals surface area contributed by atoms with Gasteiger partial charge in [-0.1, -0.05) is 42.2 Å². The number of carboxylic acids is 1. The third kappa shape index (κ3) is 4.04. The zero-order valence-electron chi connectivity index (χ0n) is 14.8. The lowest BCUT2D eigenvalue weighted by Gasteiger charge is -2.17. The summed E-state index contributed by atoms with van der Waals surface area (Å²) in [6.07, 6.45) is 1.77. The zero-order valence-corrected chi connectivity index (χ0v) is 16.4. The van der Waals surface area contributed by atoms with Gasteiger partial charge in [-0.2, -0.15) is 0 Å². The highest BCUT2D eigenvalue weighted by molar-refractivity contribution is 8.27. The van der Waals surface area contributed by atoms with Crippen LogP contribution in [0.1, 0.15) is 28.4 Å². The lowest BCUT2D eigenvalue weighted by molar-refractivity contribution is -0.113. The molecule has 0 unspecified atom stereocenters. The van der Waals surface area contributed by atoms with Crippen LogP contribution in [-0.2, 0) is 4.79 Å². The number of benzene rings is 2. The van der Waals surface area contributed by atoms with E-state index in [9.17, 15) is 14.7 Å². The number of carbonyl (C=O) groups is 2. The van der Waals surface area contributed by atoms with Gasteiger partial charge in [0.2, 0.25) is 0 Å². The van der Waals surface area contributed by atoms with Crippen LogP contribution < -0.4 is 9.64 Å². The molecule has 1 fully saturated rings. The fourth-order valence-electron chi connectivity index (χ4n) is 2.64. The molecule has 138 valence electrons. The maximum atomic E-state index is 12.9. The van der Waals surface area contributed by atoms with Crippen LogP contribution in [0.2, 0.25) is 0 Å². The lowest BCUT2D eigenvalue weighted by atomic mass is 10.1. The average molecular weight is 399 g/mol. The number of aromatic carboxylic acids is 1. The van der Waals surface area contributed by atoms with E-state index in [0.29, 0.717) is 21.5 Å². The second kappa shape index (κ2) is 7.94. The van der Waals surface area contributed by atoms with Gasteiger partial charge in [-0.05, 0) is 55.3 Å².